The summed E-state index contributed by atoms with van der Waals surface area (Å²) in [6.45, 7) is 8.43. The summed E-state index contributed by atoms with van der Waals surface area (Å²) >= 11 is 0. The van der Waals surface area contributed by atoms with Crippen LogP contribution in [0.1, 0.15) is 43.4 Å². The third kappa shape index (κ3) is 5.58. The highest BCUT2D eigenvalue weighted by Crippen LogP contribution is 2.14. The van der Waals surface area contributed by atoms with Gasteiger partial charge in [0.15, 0.2) is 0 Å². The predicted molar refractivity (Wildman–Crippen MR) is 83.3 cm³/mol. The van der Waals surface area contributed by atoms with Gasteiger partial charge in [-0.25, -0.2) is 0 Å². The maximum Gasteiger partial charge on any atom is 0.303 e. The van der Waals surface area contributed by atoms with Crippen molar-refractivity contribution in [2.75, 3.05) is 6.54 Å². The highest BCUT2D eigenvalue weighted by Gasteiger charge is 2.18. The van der Waals surface area contributed by atoms with E-state index in [9.17, 15) is 9.59 Å². The molecule has 0 bridgehead atoms. The van der Waals surface area contributed by atoms with Gasteiger partial charge in [-0.2, -0.15) is 0 Å². The summed E-state index contributed by atoms with van der Waals surface area (Å²) in [5.74, 6) is -0.759. The van der Waals surface area contributed by atoms with Crippen LogP contribution < -0.4 is 0 Å². The highest BCUT2D eigenvalue weighted by molar-refractivity contribution is 5.79. The quantitative estimate of drug-likeness (QED) is 0.840. The zero-order chi connectivity index (χ0) is 16.0. The molecule has 21 heavy (non-hydrogen) atoms. The Morgan fingerprint density at radius 3 is 2.48 bits per heavy atom. The third-order valence-corrected chi connectivity index (χ3v) is 3.58. The number of carboxylic acid groups (broad SMARTS) is 1. The van der Waals surface area contributed by atoms with Crippen LogP contribution >= 0.6 is 0 Å². The van der Waals surface area contributed by atoms with Gasteiger partial charge in [0.1, 0.15) is 0 Å². The maximum atomic E-state index is 12.5. The molecule has 4 heteroatoms. The van der Waals surface area contributed by atoms with Crippen LogP contribution in [-0.2, 0) is 16.0 Å². The first kappa shape index (κ1) is 17.2. The van der Waals surface area contributed by atoms with Crippen molar-refractivity contribution >= 4 is 11.9 Å². The fraction of sp³-hybridized carbons (Fsp3) is 0.529. The molecule has 0 radical (unpaired) electrons. The van der Waals surface area contributed by atoms with Crippen LogP contribution in [0.5, 0.6) is 0 Å². The van der Waals surface area contributed by atoms with E-state index >= 15 is 0 Å². The number of aliphatic carboxylic acids is 1. The fourth-order valence-corrected chi connectivity index (χ4v) is 2.33. The van der Waals surface area contributed by atoms with Gasteiger partial charge in [0.25, 0.3) is 0 Å². The monoisotopic (exact) mass is 291 g/mol. The molecule has 0 spiro atoms. The van der Waals surface area contributed by atoms with E-state index in [-0.39, 0.29) is 18.4 Å². The van der Waals surface area contributed by atoms with E-state index in [2.05, 4.69) is 0 Å². The topological polar surface area (TPSA) is 57.6 Å². The minimum Gasteiger partial charge on any atom is -0.481 e. The summed E-state index contributed by atoms with van der Waals surface area (Å²) in [4.78, 5) is 24.8. The molecule has 0 atom stereocenters. The number of nitrogens with zero attached hydrogens (tertiary/aromatic N) is 1. The van der Waals surface area contributed by atoms with E-state index in [0.717, 1.165) is 16.7 Å². The van der Waals surface area contributed by atoms with E-state index in [4.69, 9.17) is 5.11 Å². The largest absolute Gasteiger partial charge is 0.481 e. The summed E-state index contributed by atoms with van der Waals surface area (Å²) in [5.41, 5.74) is 3.30. The minimum atomic E-state index is -0.819. The van der Waals surface area contributed by atoms with Crippen molar-refractivity contribution in [2.24, 2.45) is 0 Å². The van der Waals surface area contributed by atoms with Crippen LogP contribution in [0.3, 0.4) is 0 Å². The average molecular weight is 291 g/mol. The Kier molecular flexibility index (Phi) is 6.40. The predicted octanol–water partition coefficient (Wildman–Crippen LogP) is 2.95. The van der Waals surface area contributed by atoms with Crippen LogP contribution in [0.2, 0.25) is 0 Å². The van der Waals surface area contributed by atoms with Gasteiger partial charge < -0.3 is 10.0 Å². The highest BCUT2D eigenvalue weighted by atomic mass is 16.4. The van der Waals surface area contributed by atoms with Crippen LogP contribution in [-0.4, -0.2) is 34.5 Å². The van der Waals surface area contributed by atoms with Gasteiger partial charge in [-0.1, -0.05) is 23.8 Å². The number of amides is 1. The Hall–Kier alpha value is -1.84. The number of rotatable bonds is 7. The molecule has 0 heterocycles. The van der Waals surface area contributed by atoms with Gasteiger partial charge in [0.05, 0.1) is 6.42 Å². The number of carbonyl (C=O) groups is 2. The summed E-state index contributed by atoms with van der Waals surface area (Å²) in [6.07, 6.45) is 0.963. The van der Waals surface area contributed by atoms with Crippen molar-refractivity contribution in [3.63, 3.8) is 0 Å². The smallest absolute Gasteiger partial charge is 0.303 e. The lowest BCUT2D eigenvalue weighted by Gasteiger charge is -2.27. The average Bonchev–Trinajstić information content (AvgIpc) is 2.38. The number of carboxylic acids is 1. The second-order valence-corrected chi connectivity index (χ2v) is 5.78. The molecule has 0 aliphatic carbocycles. The molecule has 0 saturated carbocycles. The molecule has 1 N–H and O–H groups in total. The Morgan fingerprint density at radius 2 is 1.90 bits per heavy atom. The molecule has 116 valence electrons. The second-order valence-electron chi connectivity index (χ2n) is 5.78. The normalized spacial score (nSPS) is 10.7. The first-order valence-corrected chi connectivity index (χ1v) is 7.38. The lowest BCUT2D eigenvalue weighted by Crippen LogP contribution is -2.39. The summed E-state index contributed by atoms with van der Waals surface area (Å²) in [7, 11) is 0. The Bertz CT molecular complexity index is 509. The summed E-state index contributed by atoms with van der Waals surface area (Å²) in [5, 5.41) is 8.70. The molecule has 0 aromatic heterocycles. The molecule has 0 fully saturated rings. The van der Waals surface area contributed by atoms with E-state index in [1.54, 1.807) is 4.90 Å². The lowest BCUT2D eigenvalue weighted by molar-refractivity contribution is -0.138. The number of hydrogen-bond donors (Lipinski definition) is 1. The number of benzene rings is 1. The van der Waals surface area contributed by atoms with Crippen molar-refractivity contribution in [2.45, 2.75) is 53.0 Å². The molecule has 0 unspecified atom stereocenters. The minimum absolute atomic E-state index is 0.0593. The fourth-order valence-electron chi connectivity index (χ4n) is 2.33. The van der Waals surface area contributed by atoms with Gasteiger partial charge in [-0.05, 0) is 45.2 Å². The maximum absolute atomic E-state index is 12.5. The second kappa shape index (κ2) is 7.81. The molecule has 0 aliphatic heterocycles. The van der Waals surface area contributed by atoms with Crippen molar-refractivity contribution in [3.05, 3.63) is 34.9 Å². The molecule has 0 saturated heterocycles. The van der Waals surface area contributed by atoms with Crippen LogP contribution in [0.4, 0.5) is 0 Å². The number of aryl methyl sites for hydroxylation is 2. The SMILES string of the molecule is Cc1ccc(C)c(CC(=O)N(CCCC(=O)O)C(C)C)c1. The zero-order valence-corrected chi connectivity index (χ0v) is 13.3. The van der Waals surface area contributed by atoms with Gasteiger partial charge >= 0.3 is 5.97 Å². The Morgan fingerprint density at radius 1 is 1.24 bits per heavy atom. The van der Waals surface area contributed by atoms with Crippen LogP contribution in [0.15, 0.2) is 18.2 Å². The van der Waals surface area contributed by atoms with Gasteiger partial charge in [-0.15, -0.1) is 0 Å². The first-order chi connectivity index (χ1) is 9.81. The van der Waals surface area contributed by atoms with Crippen LogP contribution in [0.25, 0.3) is 0 Å². The Labute approximate surface area is 126 Å². The molecule has 1 amide bonds. The zero-order valence-electron chi connectivity index (χ0n) is 13.3. The Balaban J connectivity index is 2.72. The molecule has 1 aromatic rings. The molecule has 4 nitrogen and oxygen atoms in total. The van der Waals surface area contributed by atoms with Gasteiger partial charge in [0, 0.05) is 19.0 Å². The van der Waals surface area contributed by atoms with E-state index in [0.29, 0.717) is 19.4 Å². The first-order valence-electron chi connectivity index (χ1n) is 7.38. The van der Waals surface area contributed by atoms with Crippen molar-refractivity contribution in [3.8, 4) is 0 Å². The van der Waals surface area contributed by atoms with E-state index in [1.807, 2.05) is 45.9 Å². The molecule has 0 aliphatic rings. The van der Waals surface area contributed by atoms with Crippen LogP contribution in [0, 0.1) is 13.8 Å². The molecule has 1 aromatic carbocycles. The van der Waals surface area contributed by atoms with E-state index < -0.39 is 5.97 Å². The molecular weight excluding hydrogens is 266 g/mol. The summed E-state index contributed by atoms with van der Waals surface area (Å²) in [6, 6.07) is 6.19. The van der Waals surface area contributed by atoms with Gasteiger partial charge in [0.2, 0.25) is 5.91 Å². The lowest BCUT2D eigenvalue weighted by atomic mass is 10.0. The standard InChI is InChI=1S/C17H25NO3/c1-12(2)18(9-5-6-17(20)21)16(19)11-15-10-13(3)7-8-14(15)4/h7-8,10,12H,5-6,9,11H2,1-4H3,(H,20,21). The van der Waals surface area contributed by atoms with Crippen molar-refractivity contribution < 1.29 is 14.7 Å². The van der Waals surface area contributed by atoms with Gasteiger partial charge in [-0.3, -0.25) is 9.59 Å². The molecule has 1 rings (SSSR count). The number of hydrogen-bond acceptors (Lipinski definition) is 2. The van der Waals surface area contributed by atoms with Crippen molar-refractivity contribution in [1.29, 1.82) is 0 Å². The number of carbonyl (C=O) groups excluding carboxylic acids is 1. The van der Waals surface area contributed by atoms with E-state index in [1.165, 1.54) is 0 Å². The molecular formula is C17H25NO3. The summed E-state index contributed by atoms with van der Waals surface area (Å²) < 4.78 is 0. The van der Waals surface area contributed by atoms with Crippen molar-refractivity contribution in [1.82, 2.24) is 4.90 Å². The third-order valence-electron chi connectivity index (χ3n) is 3.58.